The number of halogens is 1. The predicted octanol–water partition coefficient (Wildman–Crippen LogP) is 3.29. The number of phenolic OH excluding ortho intramolecular Hbond substituents is 1. The van der Waals surface area contributed by atoms with Gasteiger partial charge >= 0.3 is 0 Å². The van der Waals surface area contributed by atoms with Crippen LogP contribution < -0.4 is 5.73 Å². The van der Waals surface area contributed by atoms with Crippen LogP contribution in [-0.4, -0.2) is 5.11 Å². The van der Waals surface area contributed by atoms with Gasteiger partial charge in [0.25, 0.3) is 0 Å². The first-order valence-corrected chi connectivity index (χ1v) is 5.82. The lowest BCUT2D eigenvalue weighted by Gasteiger charge is -2.12. The second-order valence-electron chi connectivity index (χ2n) is 4.03. The van der Waals surface area contributed by atoms with Crippen LogP contribution in [0.15, 0.2) is 48.5 Å². The smallest absolute Gasteiger partial charge is 0.115 e. The molecule has 1 unspecified atom stereocenters. The monoisotopic (exact) mass is 247 g/mol. The molecule has 2 aromatic rings. The van der Waals surface area contributed by atoms with Crippen molar-refractivity contribution in [3.8, 4) is 5.75 Å². The Morgan fingerprint density at radius 1 is 1.12 bits per heavy atom. The van der Waals surface area contributed by atoms with Crippen LogP contribution in [0.2, 0.25) is 5.02 Å². The number of rotatable bonds is 3. The maximum Gasteiger partial charge on any atom is 0.115 e. The number of hydrogen-bond donors (Lipinski definition) is 2. The van der Waals surface area contributed by atoms with Gasteiger partial charge in [0.1, 0.15) is 5.75 Å². The molecule has 0 saturated carbocycles. The zero-order valence-corrected chi connectivity index (χ0v) is 10.1. The summed E-state index contributed by atoms with van der Waals surface area (Å²) in [4.78, 5) is 0. The highest BCUT2D eigenvalue weighted by molar-refractivity contribution is 6.30. The van der Waals surface area contributed by atoms with Crippen molar-refractivity contribution in [3.63, 3.8) is 0 Å². The highest BCUT2D eigenvalue weighted by atomic mass is 35.5. The van der Waals surface area contributed by atoms with Crippen LogP contribution in [0.3, 0.4) is 0 Å². The van der Waals surface area contributed by atoms with Crippen LogP contribution in [0.5, 0.6) is 5.75 Å². The fourth-order valence-corrected chi connectivity index (χ4v) is 1.89. The Balaban J connectivity index is 2.11. The molecule has 88 valence electrons. The number of aromatic hydroxyl groups is 1. The quantitative estimate of drug-likeness (QED) is 0.874. The predicted molar refractivity (Wildman–Crippen MR) is 70.2 cm³/mol. The summed E-state index contributed by atoms with van der Waals surface area (Å²) in [5, 5.41) is 10.1. The van der Waals surface area contributed by atoms with E-state index in [1.807, 2.05) is 36.4 Å². The van der Waals surface area contributed by atoms with Gasteiger partial charge in [0.05, 0.1) is 0 Å². The van der Waals surface area contributed by atoms with E-state index < -0.39 is 0 Å². The molecule has 0 aromatic heterocycles. The maximum absolute atomic E-state index is 9.37. The van der Waals surface area contributed by atoms with Crippen LogP contribution in [0.4, 0.5) is 0 Å². The van der Waals surface area contributed by atoms with Crippen LogP contribution in [0.1, 0.15) is 17.2 Å². The van der Waals surface area contributed by atoms with Gasteiger partial charge in [-0.15, -0.1) is 0 Å². The average molecular weight is 248 g/mol. The molecule has 3 N–H and O–H groups in total. The second kappa shape index (κ2) is 5.21. The zero-order chi connectivity index (χ0) is 12.3. The molecule has 2 nitrogen and oxygen atoms in total. The second-order valence-corrected chi connectivity index (χ2v) is 4.47. The van der Waals surface area contributed by atoms with E-state index in [-0.39, 0.29) is 11.8 Å². The Kier molecular flexibility index (Phi) is 3.67. The Morgan fingerprint density at radius 2 is 1.82 bits per heavy atom. The SMILES string of the molecule is NC(Cc1cccc(O)c1)c1ccc(Cl)cc1. The molecule has 0 aliphatic carbocycles. The number of nitrogens with two attached hydrogens (primary N) is 1. The van der Waals surface area contributed by atoms with Gasteiger partial charge < -0.3 is 10.8 Å². The minimum atomic E-state index is -0.0888. The Morgan fingerprint density at radius 3 is 2.47 bits per heavy atom. The molecule has 0 fully saturated rings. The van der Waals surface area contributed by atoms with Crippen molar-refractivity contribution in [1.29, 1.82) is 0 Å². The summed E-state index contributed by atoms with van der Waals surface area (Å²) < 4.78 is 0. The molecule has 2 aromatic carbocycles. The summed E-state index contributed by atoms with van der Waals surface area (Å²) in [5.74, 6) is 0.269. The molecule has 3 heteroatoms. The van der Waals surface area contributed by atoms with Gasteiger partial charge in [0.15, 0.2) is 0 Å². The largest absolute Gasteiger partial charge is 0.508 e. The molecular weight excluding hydrogens is 234 g/mol. The molecular formula is C14H14ClNO. The van der Waals surface area contributed by atoms with E-state index in [9.17, 15) is 5.11 Å². The van der Waals surface area contributed by atoms with Crippen molar-refractivity contribution < 1.29 is 5.11 Å². The third-order valence-corrected chi connectivity index (χ3v) is 2.92. The Hall–Kier alpha value is -1.51. The fourth-order valence-electron chi connectivity index (χ4n) is 1.77. The lowest BCUT2D eigenvalue weighted by molar-refractivity contribution is 0.474. The molecule has 0 aliphatic rings. The zero-order valence-electron chi connectivity index (χ0n) is 9.31. The number of phenols is 1. The van der Waals surface area contributed by atoms with Crippen molar-refractivity contribution in [3.05, 3.63) is 64.7 Å². The molecule has 0 saturated heterocycles. The summed E-state index contributed by atoms with van der Waals surface area (Å²) in [6.45, 7) is 0. The maximum atomic E-state index is 9.37. The highest BCUT2D eigenvalue weighted by Gasteiger charge is 2.07. The van der Waals surface area contributed by atoms with Crippen molar-refractivity contribution in [2.45, 2.75) is 12.5 Å². The minimum Gasteiger partial charge on any atom is -0.508 e. The van der Waals surface area contributed by atoms with E-state index >= 15 is 0 Å². The Labute approximate surface area is 106 Å². The summed E-state index contributed by atoms with van der Waals surface area (Å²) >= 11 is 5.82. The van der Waals surface area contributed by atoms with Gasteiger partial charge in [0.2, 0.25) is 0 Å². The normalized spacial score (nSPS) is 12.4. The van der Waals surface area contributed by atoms with Crippen LogP contribution in [-0.2, 0) is 6.42 Å². The first kappa shape index (κ1) is 12.0. The van der Waals surface area contributed by atoms with Crippen LogP contribution in [0, 0.1) is 0 Å². The molecule has 0 amide bonds. The fraction of sp³-hybridized carbons (Fsp3) is 0.143. The number of hydrogen-bond acceptors (Lipinski definition) is 2. The summed E-state index contributed by atoms with van der Waals surface area (Å²) in [5.41, 5.74) is 8.16. The van der Waals surface area contributed by atoms with Crippen LogP contribution >= 0.6 is 11.6 Å². The first-order chi connectivity index (χ1) is 8.15. The van der Waals surface area contributed by atoms with E-state index in [0.717, 1.165) is 11.1 Å². The van der Waals surface area contributed by atoms with Gasteiger partial charge in [-0.25, -0.2) is 0 Å². The molecule has 2 rings (SSSR count). The molecule has 0 bridgehead atoms. The first-order valence-electron chi connectivity index (χ1n) is 5.44. The topological polar surface area (TPSA) is 46.2 Å². The molecule has 17 heavy (non-hydrogen) atoms. The lowest BCUT2D eigenvalue weighted by Crippen LogP contribution is -2.13. The van der Waals surface area contributed by atoms with E-state index in [1.165, 1.54) is 0 Å². The Bertz CT molecular complexity index is 496. The van der Waals surface area contributed by atoms with Gasteiger partial charge in [-0.3, -0.25) is 0 Å². The van der Waals surface area contributed by atoms with Gasteiger partial charge in [0, 0.05) is 11.1 Å². The van der Waals surface area contributed by atoms with Gasteiger partial charge in [-0.05, 0) is 41.8 Å². The van der Waals surface area contributed by atoms with Gasteiger partial charge in [-0.1, -0.05) is 35.9 Å². The minimum absolute atomic E-state index is 0.0888. The average Bonchev–Trinajstić information content (AvgIpc) is 2.29. The summed E-state index contributed by atoms with van der Waals surface area (Å²) in [7, 11) is 0. The number of benzene rings is 2. The van der Waals surface area contributed by atoms with E-state index in [2.05, 4.69) is 0 Å². The molecule has 1 atom stereocenters. The van der Waals surface area contributed by atoms with Crippen molar-refractivity contribution in [2.75, 3.05) is 0 Å². The third-order valence-electron chi connectivity index (χ3n) is 2.66. The molecule has 0 heterocycles. The van der Waals surface area contributed by atoms with Crippen molar-refractivity contribution >= 4 is 11.6 Å². The van der Waals surface area contributed by atoms with E-state index in [0.29, 0.717) is 11.4 Å². The van der Waals surface area contributed by atoms with Crippen LogP contribution in [0.25, 0.3) is 0 Å². The molecule has 0 radical (unpaired) electrons. The van der Waals surface area contributed by atoms with Gasteiger partial charge in [-0.2, -0.15) is 0 Å². The lowest BCUT2D eigenvalue weighted by atomic mass is 10.00. The van der Waals surface area contributed by atoms with E-state index in [1.54, 1.807) is 12.1 Å². The molecule has 0 spiro atoms. The van der Waals surface area contributed by atoms with E-state index in [4.69, 9.17) is 17.3 Å². The van der Waals surface area contributed by atoms with Crippen molar-refractivity contribution in [1.82, 2.24) is 0 Å². The van der Waals surface area contributed by atoms with Crippen molar-refractivity contribution in [2.24, 2.45) is 5.73 Å². The standard InChI is InChI=1S/C14H14ClNO/c15-12-6-4-11(5-7-12)14(16)9-10-2-1-3-13(17)8-10/h1-8,14,17H,9,16H2. The third kappa shape index (κ3) is 3.22. The summed E-state index contributed by atoms with van der Waals surface area (Å²) in [6.07, 6.45) is 0.691. The molecule has 0 aliphatic heterocycles. The summed E-state index contributed by atoms with van der Waals surface area (Å²) in [6, 6.07) is 14.6. The highest BCUT2D eigenvalue weighted by Crippen LogP contribution is 2.20.